The van der Waals surface area contributed by atoms with Crippen LogP contribution in [0.2, 0.25) is 5.02 Å². The molecule has 0 atom stereocenters. The number of nitrogens with zero attached hydrogens (tertiary/aromatic N) is 2. The molecule has 6 nitrogen and oxygen atoms in total. The van der Waals surface area contributed by atoms with E-state index in [1.807, 2.05) is 10.7 Å². The van der Waals surface area contributed by atoms with Gasteiger partial charge in [-0.1, -0.05) is 30.9 Å². The van der Waals surface area contributed by atoms with E-state index >= 15 is 0 Å². The van der Waals surface area contributed by atoms with Crippen molar-refractivity contribution in [2.24, 2.45) is 0 Å². The minimum absolute atomic E-state index is 0.224. The summed E-state index contributed by atoms with van der Waals surface area (Å²) < 4.78 is 12.4. The van der Waals surface area contributed by atoms with Crippen LogP contribution in [0.15, 0.2) is 30.5 Å². The fraction of sp³-hybridized carbons (Fsp3) is 0.400. The molecule has 3 rings (SSSR count). The highest BCUT2D eigenvalue weighted by Crippen LogP contribution is 2.36. The van der Waals surface area contributed by atoms with Crippen molar-refractivity contribution < 1.29 is 14.3 Å². The summed E-state index contributed by atoms with van der Waals surface area (Å²) in [4.78, 5) is 12.4. The number of hydrogen-bond donors (Lipinski definition) is 1. The molecule has 7 heteroatoms. The van der Waals surface area contributed by atoms with Gasteiger partial charge in [0.05, 0.1) is 31.5 Å². The van der Waals surface area contributed by atoms with Gasteiger partial charge in [0, 0.05) is 12.1 Å². The Kier molecular flexibility index (Phi) is 6.40. The first-order valence-electron chi connectivity index (χ1n) is 9.06. The van der Waals surface area contributed by atoms with Crippen molar-refractivity contribution in [2.45, 2.75) is 38.1 Å². The zero-order chi connectivity index (χ0) is 19.2. The lowest BCUT2D eigenvalue weighted by Gasteiger charge is -2.23. The highest BCUT2D eigenvalue weighted by Gasteiger charge is 2.18. The van der Waals surface area contributed by atoms with Gasteiger partial charge in [-0.05, 0) is 36.6 Å². The van der Waals surface area contributed by atoms with Crippen molar-refractivity contribution in [3.8, 4) is 11.5 Å². The maximum Gasteiger partial charge on any atom is 0.249 e. The van der Waals surface area contributed by atoms with Crippen LogP contribution in [0, 0.1) is 0 Å². The standard InChI is InChI=1S/C20H24ClN3O3/c1-26-17-13-14(12-16(21)20(17)27-2)8-9-19(25)23-18-10-11-22-24(18)15-6-4-3-5-7-15/h8-13,15H,3-7H2,1-2H3,(H,23,25). The third kappa shape index (κ3) is 4.63. The summed E-state index contributed by atoms with van der Waals surface area (Å²) in [6, 6.07) is 5.67. The molecule has 0 aliphatic heterocycles. The van der Waals surface area contributed by atoms with E-state index in [1.54, 1.807) is 31.5 Å². The molecule has 1 amide bonds. The fourth-order valence-electron chi connectivity index (χ4n) is 3.40. The molecular formula is C20H24ClN3O3. The summed E-state index contributed by atoms with van der Waals surface area (Å²) in [6.45, 7) is 0. The van der Waals surface area contributed by atoms with Gasteiger partial charge in [0.15, 0.2) is 11.5 Å². The van der Waals surface area contributed by atoms with Crippen molar-refractivity contribution >= 4 is 29.4 Å². The monoisotopic (exact) mass is 389 g/mol. The van der Waals surface area contributed by atoms with Crippen LogP contribution in [0.4, 0.5) is 5.82 Å². The Labute approximate surface area is 164 Å². The van der Waals surface area contributed by atoms with E-state index in [0.717, 1.165) is 24.2 Å². The third-order valence-corrected chi connectivity index (χ3v) is 5.01. The van der Waals surface area contributed by atoms with Gasteiger partial charge in [-0.15, -0.1) is 0 Å². The van der Waals surface area contributed by atoms with Gasteiger partial charge in [-0.3, -0.25) is 4.79 Å². The van der Waals surface area contributed by atoms with E-state index in [-0.39, 0.29) is 5.91 Å². The number of aromatic nitrogens is 2. The lowest BCUT2D eigenvalue weighted by atomic mass is 9.96. The number of methoxy groups -OCH3 is 2. The molecule has 2 aromatic rings. The molecule has 1 aliphatic rings. The van der Waals surface area contributed by atoms with Gasteiger partial charge in [-0.25, -0.2) is 4.68 Å². The van der Waals surface area contributed by atoms with E-state index in [2.05, 4.69) is 10.4 Å². The predicted octanol–water partition coefficient (Wildman–Crippen LogP) is 4.71. The zero-order valence-electron chi connectivity index (χ0n) is 15.6. The first-order valence-corrected chi connectivity index (χ1v) is 9.44. The van der Waals surface area contributed by atoms with Crippen LogP contribution in [0.1, 0.15) is 43.7 Å². The molecule has 144 valence electrons. The second-order valence-electron chi connectivity index (χ2n) is 6.51. The number of halogens is 1. The Morgan fingerprint density at radius 1 is 1.26 bits per heavy atom. The molecule has 1 N–H and O–H groups in total. The van der Waals surface area contributed by atoms with Crippen LogP contribution in [0.25, 0.3) is 6.08 Å². The zero-order valence-corrected chi connectivity index (χ0v) is 16.3. The molecule has 0 spiro atoms. The van der Waals surface area contributed by atoms with Crippen LogP contribution < -0.4 is 14.8 Å². The van der Waals surface area contributed by atoms with Gasteiger partial charge >= 0.3 is 0 Å². The normalized spacial score (nSPS) is 15.1. The topological polar surface area (TPSA) is 65.4 Å². The van der Waals surface area contributed by atoms with Crippen LogP contribution in [0.5, 0.6) is 11.5 Å². The number of benzene rings is 1. The number of nitrogens with one attached hydrogen (secondary N) is 1. The van der Waals surface area contributed by atoms with Gasteiger partial charge in [-0.2, -0.15) is 5.10 Å². The van der Waals surface area contributed by atoms with Crippen molar-refractivity contribution in [1.82, 2.24) is 9.78 Å². The van der Waals surface area contributed by atoms with E-state index in [0.29, 0.717) is 22.6 Å². The summed E-state index contributed by atoms with van der Waals surface area (Å²) in [7, 11) is 3.07. The fourth-order valence-corrected chi connectivity index (χ4v) is 3.70. The summed E-state index contributed by atoms with van der Waals surface area (Å²) in [5, 5.41) is 7.73. The summed E-state index contributed by atoms with van der Waals surface area (Å²) in [5.74, 6) is 1.48. The van der Waals surface area contributed by atoms with E-state index < -0.39 is 0 Å². The van der Waals surface area contributed by atoms with Crippen molar-refractivity contribution in [1.29, 1.82) is 0 Å². The number of carbonyl (C=O) groups is 1. The molecule has 1 aliphatic carbocycles. The molecule has 1 aromatic carbocycles. The van der Waals surface area contributed by atoms with E-state index in [9.17, 15) is 4.79 Å². The Morgan fingerprint density at radius 3 is 2.74 bits per heavy atom. The van der Waals surface area contributed by atoms with Crippen LogP contribution in [0.3, 0.4) is 0 Å². The number of carbonyl (C=O) groups excluding carboxylic acids is 1. The molecule has 1 heterocycles. The molecule has 1 fully saturated rings. The average Bonchev–Trinajstić information content (AvgIpc) is 3.14. The molecule has 0 saturated heterocycles. The average molecular weight is 390 g/mol. The maximum absolute atomic E-state index is 12.4. The Bertz CT molecular complexity index is 826. The largest absolute Gasteiger partial charge is 0.493 e. The SMILES string of the molecule is COc1cc(C=CC(=O)Nc2ccnn2C2CCCCC2)cc(Cl)c1OC. The highest BCUT2D eigenvalue weighted by molar-refractivity contribution is 6.32. The number of rotatable bonds is 6. The van der Waals surface area contributed by atoms with Crippen molar-refractivity contribution in [3.63, 3.8) is 0 Å². The third-order valence-electron chi connectivity index (χ3n) is 4.73. The highest BCUT2D eigenvalue weighted by atomic mass is 35.5. The summed E-state index contributed by atoms with van der Waals surface area (Å²) >= 11 is 6.20. The van der Waals surface area contributed by atoms with E-state index in [1.165, 1.54) is 32.4 Å². The molecule has 0 radical (unpaired) electrons. The lowest BCUT2D eigenvalue weighted by molar-refractivity contribution is -0.111. The Hall–Kier alpha value is -2.47. The van der Waals surface area contributed by atoms with Gasteiger partial charge in [0.2, 0.25) is 5.91 Å². The Morgan fingerprint density at radius 2 is 2.04 bits per heavy atom. The smallest absolute Gasteiger partial charge is 0.249 e. The first kappa shape index (κ1) is 19.3. The molecule has 1 saturated carbocycles. The summed E-state index contributed by atoms with van der Waals surface area (Å²) in [6.07, 6.45) is 10.8. The van der Waals surface area contributed by atoms with Gasteiger partial charge in [0.1, 0.15) is 5.82 Å². The molecule has 27 heavy (non-hydrogen) atoms. The maximum atomic E-state index is 12.4. The second-order valence-corrected chi connectivity index (χ2v) is 6.92. The van der Waals surface area contributed by atoms with Crippen molar-refractivity contribution in [2.75, 3.05) is 19.5 Å². The Balaban J connectivity index is 1.70. The molecule has 1 aromatic heterocycles. The van der Waals surface area contributed by atoms with E-state index in [4.69, 9.17) is 21.1 Å². The number of ether oxygens (including phenoxy) is 2. The van der Waals surface area contributed by atoms with Crippen LogP contribution in [-0.4, -0.2) is 29.9 Å². The number of anilines is 1. The first-order chi connectivity index (χ1) is 13.1. The predicted molar refractivity (Wildman–Crippen MR) is 107 cm³/mol. The number of hydrogen-bond acceptors (Lipinski definition) is 4. The van der Waals surface area contributed by atoms with Gasteiger partial charge in [0.25, 0.3) is 0 Å². The lowest BCUT2D eigenvalue weighted by Crippen LogP contribution is -2.19. The van der Waals surface area contributed by atoms with Crippen LogP contribution in [-0.2, 0) is 4.79 Å². The second kappa shape index (κ2) is 8.95. The quantitative estimate of drug-likeness (QED) is 0.726. The molecule has 0 bridgehead atoms. The summed E-state index contributed by atoms with van der Waals surface area (Å²) in [5.41, 5.74) is 0.744. The number of amides is 1. The van der Waals surface area contributed by atoms with Crippen LogP contribution >= 0.6 is 11.6 Å². The van der Waals surface area contributed by atoms with Gasteiger partial charge < -0.3 is 14.8 Å². The molecular weight excluding hydrogens is 366 g/mol. The minimum atomic E-state index is -0.224. The molecule has 0 unspecified atom stereocenters. The minimum Gasteiger partial charge on any atom is -0.493 e. The van der Waals surface area contributed by atoms with Crippen molar-refractivity contribution in [3.05, 3.63) is 41.1 Å².